The average molecular weight is 302 g/mol. The number of fused-ring (bicyclic) bond motifs is 1. The summed E-state index contributed by atoms with van der Waals surface area (Å²) in [5.41, 5.74) is 1.32. The molecule has 0 saturated heterocycles. The summed E-state index contributed by atoms with van der Waals surface area (Å²) in [7, 11) is 1.53. The molecule has 2 aromatic carbocycles. The van der Waals surface area contributed by atoms with Gasteiger partial charge in [0.25, 0.3) is 0 Å². The molecule has 0 aliphatic rings. The van der Waals surface area contributed by atoms with Crippen LogP contribution in [0.3, 0.4) is 0 Å². The van der Waals surface area contributed by atoms with Gasteiger partial charge >= 0.3 is 0 Å². The van der Waals surface area contributed by atoms with Crippen molar-refractivity contribution in [1.29, 1.82) is 0 Å². The van der Waals surface area contributed by atoms with Gasteiger partial charge in [-0.15, -0.1) is 0 Å². The predicted molar refractivity (Wildman–Crippen MR) is 77.8 cm³/mol. The van der Waals surface area contributed by atoms with E-state index in [2.05, 4.69) is 9.97 Å². The lowest BCUT2D eigenvalue weighted by Gasteiger charge is -2.10. The largest absolute Gasteiger partial charge is 0.496 e. The Morgan fingerprint density at radius 2 is 1.73 bits per heavy atom. The lowest BCUT2D eigenvalue weighted by atomic mass is 10.1. The van der Waals surface area contributed by atoms with Gasteiger partial charge in [-0.25, -0.2) is 13.8 Å². The van der Waals surface area contributed by atoms with Crippen molar-refractivity contribution in [3.8, 4) is 23.0 Å². The van der Waals surface area contributed by atoms with Gasteiger partial charge in [-0.1, -0.05) is 0 Å². The van der Waals surface area contributed by atoms with Gasteiger partial charge in [0.05, 0.1) is 18.0 Å². The van der Waals surface area contributed by atoms with Crippen molar-refractivity contribution in [2.24, 2.45) is 0 Å². The topological polar surface area (TPSA) is 55.2 Å². The van der Waals surface area contributed by atoms with E-state index in [9.17, 15) is 13.9 Å². The number of halogens is 2. The Morgan fingerprint density at radius 1 is 1.05 bits per heavy atom. The van der Waals surface area contributed by atoms with E-state index in [1.54, 1.807) is 19.1 Å². The van der Waals surface area contributed by atoms with E-state index < -0.39 is 11.6 Å². The number of aromatic nitrogens is 2. The van der Waals surface area contributed by atoms with Gasteiger partial charge in [0.15, 0.2) is 5.82 Å². The first-order valence-electron chi connectivity index (χ1n) is 6.50. The minimum absolute atomic E-state index is 0.0414. The predicted octanol–water partition coefficient (Wildman–Crippen LogP) is 3.60. The number of ether oxygens (including phenoxy) is 1. The van der Waals surface area contributed by atoms with Gasteiger partial charge in [-0.05, 0) is 31.2 Å². The third-order valence-corrected chi connectivity index (χ3v) is 3.39. The molecule has 1 N–H and O–H groups in total. The second-order valence-electron chi connectivity index (χ2n) is 4.82. The molecule has 4 nitrogen and oxygen atoms in total. The minimum Gasteiger partial charge on any atom is -0.496 e. The minimum atomic E-state index is -0.736. The van der Waals surface area contributed by atoms with Crippen LogP contribution < -0.4 is 4.74 Å². The van der Waals surface area contributed by atoms with Gasteiger partial charge in [0, 0.05) is 17.2 Å². The Labute approximate surface area is 125 Å². The summed E-state index contributed by atoms with van der Waals surface area (Å²) in [4.78, 5) is 8.23. The highest BCUT2D eigenvalue weighted by atomic mass is 19.1. The number of nitrogens with zero attached hydrogens (tertiary/aromatic N) is 2. The summed E-state index contributed by atoms with van der Waals surface area (Å²) in [6, 6.07) is 6.31. The molecule has 0 radical (unpaired) electrons. The Hall–Kier alpha value is -2.76. The van der Waals surface area contributed by atoms with Crippen LogP contribution in [-0.4, -0.2) is 22.2 Å². The molecule has 0 aliphatic heterocycles. The normalized spacial score (nSPS) is 10.9. The second kappa shape index (κ2) is 5.22. The van der Waals surface area contributed by atoms with Crippen molar-refractivity contribution < 1.29 is 18.6 Å². The molecule has 0 saturated carbocycles. The molecule has 0 spiro atoms. The second-order valence-corrected chi connectivity index (χ2v) is 4.82. The smallest absolute Gasteiger partial charge is 0.222 e. The van der Waals surface area contributed by atoms with E-state index in [0.29, 0.717) is 22.2 Å². The molecule has 0 aliphatic carbocycles. The first kappa shape index (κ1) is 14.2. The number of rotatable bonds is 2. The summed E-state index contributed by atoms with van der Waals surface area (Å²) in [6.07, 6.45) is 0. The molecule has 22 heavy (non-hydrogen) atoms. The number of methoxy groups -OCH3 is 1. The fraction of sp³-hybridized carbons (Fsp3) is 0.125. The molecule has 3 aromatic rings. The maximum absolute atomic E-state index is 13.3. The Kier molecular flexibility index (Phi) is 3.36. The molecule has 0 fully saturated rings. The van der Waals surface area contributed by atoms with E-state index in [-0.39, 0.29) is 17.3 Å². The summed E-state index contributed by atoms with van der Waals surface area (Å²) in [5, 5.41) is 10.5. The van der Waals surface area contributed by atoms with E-state index >= 15 is 0 Å². The van der Waals surface area contributed by atoms with Gasteiger partial charge < -0.3 is 9.84 Å². The molecule has 112 valence electrons. The van der Waals surface area contributed by atoms with Crippen LogP contribution in [0.1, 0.15) is 5.56 Å². The zero-order valence-corrected chi connectivity index (χ0v) is 11.9. The highest BCUT2D eigenvalue weighted by Gasteiger charge is 2.14. The van der Waals surface area contributed by atoms with Crippen molar-refractivity contribution in [1.82, 2.24) is 9.97 Å². The quantitative estimate of drug-likeness (QED) is 0.786. The van der Waals surface area contributed by atoms with Crippen LogP contribution in [0.4, 0.5) is 8.78 Å². The molecular weight excluding hydrogens is 290 g/mol. The van der Waals surface area contributed by atoms with Crippen molar-refractivity contribution in [2.75, 3.05) is 7.11 Å². The first-order valence-corrected chi connectivity index (χ1v) is 6.50. The molecule has 6 heteroatoms. The SMILES string of the molecule is COc1ccc2c(O)nc(-c3cc(F)cc(F)c3)nc2c1C. The fourth-order valence-corrected chi connectivity index (χ4v) is 2.33. The lowest BCUT2D eigenvalue weighted by Crippen LogP contribution is -1.96. The van der Waals surface area contributed by atoms with E-state index in [0.717, 1.165) is 18.2 Å². The van der Waals surface area contributed by atoms with Gasteiger partial charge in [0.1, 0.15) is 17.4 Å². The fourth-order valence-electron chi connectivity index (χ4n) is 2.33. The van der Waals surface area contributed by atoms with Crippen LogP contribution in [0.5, 0.6) is 11.6 Å². The molecule has 0 atom stereocenters. The molecule has 0 unspecified atom stereocenters. The standard InChI is InChI=1S/C16H12F2N2O2/c1-8-13(22-2)4-3-12-14(8)19-15(20-16(12)21)9-5-10(17)7-11(18)6-9/h3-7H,1-2H3,(H,19,20,21). The number of aromatic hydroxyl groups is 1. The molecule has 1 aromatic heterocycles. The first-order chi connectivity index (χ1) is 10.5. The van der Waals surface area contributed by atoms with Crippen molar-refractivity contribution in [2.45, 2.75) is 6.92 Å². The van der Waals surface area contributed by atoms with Crippen LogP contribution >= 0.6 is 0 Å². The zero-order valence-electron chi connectivity index (χ0n) is 11.9. The van der Waals surface area contributed by atoms with E-state index in [1.807, 2.05) is 0 Å². The molecule has 0 bridgehead atoms. The maximum atomic E-state index is 13.3. The highest BCUT2D eigenvalue weighted by molar-refractivity contribution is 5.89. The number of aryl methyl sites for hydroxylation is 1. The highest BCUT2D eigenvalue weighted by Crippen LogP contribution is 2.32. The summed E-state index contributed by atoms with van der Waals surface area (Å²) in [6.45, 7) is 1.78. The lowest BCUT2D eigenvalue weighted by molar-refractivity contribution is 0.412. The third kappa shape index (κ3) is 2.32. The molecular formula is C16H12F2N2O2. The monoisotopic (exact) mass is 302 g/mol. The van der Waals surface area contributed by atoms with Crippen molar-refractivity contribution in [3.05, 3.63) is 47.5 Å². The molecule has 0 amide bonds. The molecule has 1 heterocycles. The van der Waals surface area contributed by atoms with Crippen LogP contribution in [0.2, 0.25) is 0 Å². The molecule has 3 rings (SSSR count). The van der Waals surface area contributed by atoms with Gasteiger partial charge in [-0.3, -0.25) is 0 Å². The van der Waals surface area contributed by atoms with Gasteiger partial charge in [0.2, 0.25) is 5.88 Å². The van der Waals surface area contributed by atoms with Crippen LogP contribution in [0.15, 0.2) is 30.3 Å². The Morgan fingerprint density at radius 3 is 2.36 bits per heavy atom. The van der Waals surface area contributed by atoms with Crippen LogP contribution in [-0.2, 0) is 0 Å². The number of benzene rings is 2. The van der Waals surface area contributed by atoms with Crippen molar-refractivity contribution in [3.63, 3.8) is 0 Å². The van der Waals surface area contributed by atoms with Crippen LogP contribution in [0, 0.1) is 18.6 Å². The average Bonchev–Trinajstić information content (AvgIpc) is 2.47. The van der Waals surface area contributed by atoms with Crippen LogP contribution in [0.25, 0.3) is 22.3 Å². The van der Waals surface area contributed by atoms with Crippen molar-refractivity contribution >= 4 is 10.9 Å². The van der Waals surface area contributed by atoms with E-state index in [4.69, 9.17) is 4.74 Å². The van der Waals surface area contributed by atoms with Gasteiger partial charge in [-0.2, -0.15) is 4.98 Å². The summed E-state index contributed by atoms with van der Waals surface area (Å²) in [5.74, 6) is -1.08. The number of hydrogen-bond acceptors (Lipinski definition) is 4. The summed E-state index contributed by atoms with van der Waals surface area (Å²) < 4.78 is 31.9. The third-order valence-electron chi connectivity index (χ3n) is 3.39. The zero-order chi connectivity index (χ0) is 15.9. The summed E-state index contributed by atoms with van der Waals surface area (Å²) >= 11 is 0. The Bertz CT molecular complexity index is 861. The van der Waals surface area contributed by atoms with E-state index in [1.165, 1.54) is 7.11 Å². The maximum Gasteiger partial charge on any atom is 0.222 e. The Balaban J connectivity index is 2.29. The number of hydrogen-bond donors (Lipinski definition) is 1.